The molecule has 0 heterocycles. The lowest BCUT2D eigenvalue weighted by molar-refractivity contribution is 0.231. The van der Waals surface area contributed by atoms with E-state index in [0.29, 0.717) is 18.2 Å². The summed E-state index contributed by atoms with van der Waals surface area (Å²) < 4.78 is 5.81. The summed E-state index contributed by atoms with van der Waals surface area (Å²) in [6.07, 6.45) is 0. The molecular formula is C17H21ClN2O. The first-order chi connectivity index (χ1) is 10.2. The van der Waals surface area contributed by atoms with Crippen LogP contribution in [0, 0.1) is 0 Å². The first-order valence-electron chi connectivity index (χ1n) is 7.03. The van der Waals surface area contributed by atoms with Crippen molar-refractivity contribution in [3.05, 3.63) is 64.7 Å². The highest BCUT2D eigenvalue weighted by atomic mass is 35.5. The van der Waals surface area contributed by atoms with Crippen LogP contribution in [-0.4, -0.2) is 25.1 Å². The first-order valence-corrected chi connectivity index (χ1v) is 7.40. The normalized spacial score (nSPS) is 10.9. The summed E-state index contributed by atoms with van der Waals surface area (Å²) in [7, 11) is 2.09. The first kappa shape index (κ1) is 15.8. The van der Waals surface area contributed by atoms with Gasteiger partial charge in [0.15, 0.2) is 0 Å². The Morgan fingerprint density at radius 3 is 2.62 bits per heavy atom. The molecule has 0 saturated carbocycles. The molecule has 2 aromatic rings. The summed E-state index contributed by atoms with van der Waals surface area (Å²) >= 11 is 5.95. The molecule has 0 aliphatic heterocycles. The predicted octanol–water partition coefficient (Wildman–Crippen LogP) is 3.31. The smallest absolute Gasteiger partial charge is 0.123 e. The summed E-state index contributed by atoms with van der Waals surface area (Å²) in [6.45, 7) is 2.81. The van der Waals surface area contributed by atoms with Gasteiger partial charge >= 0.3 is 0 Å². The molecule has 2 rings (SSSR count). The van der Waals surface area contributed by atoms with Crippen LogP contribution in [0.25, 0.3) is 0 Å². The maximum absolute atomic E-state index is 5.95. The molecule has 0 amide bonds. The van der Waals surface area contributed by atoms with Crippen LogP contribution in [0.4, 0.5) is 0 Å². The van der Waals surface area contributed by atoms with E-state index in [-0.39, 0.29) is 0 Å². The fourth-order valence-electron chi connectivity index (χ4n) is 2.13. The zero-order valence-corrected chi connectivity index (χ0v) is 13.0. The Kier molecular flexibility index (Phi) is 6.05. The fraction of sp³-hybridized carbons (Fsp3) is 0.294. The molecule has 2 N–H and O–H groups in total. The second-order valence-electron chi connectivity index (χ2n) is 5.03. The van der Waals surface area contributed by atoms with Crippen molar-refractivity contribution in [2.75, 3.05) is 20.2 Å². The van der Waals surface area contributed by atoms with E-state index < -0.39 is 0 Å². The third kappa shape index (κ3) is 5.05. The van der Waals surface area contributed by atoms with Gasteiger partial charge in [-0.1, -0.05) is 41.9 Å². The van der Waals surface area contributed by atoms with Gasteiger partial charge in [0.1, 0.15) is 12.4 Å². The number of ether oxygens (including phenoxy) is 1. The van der Waals surface area contributed by atoms with Crippen LogP contribution in [0.2, 0.25) is 5.02 Å². The highest BCUT2D eigenvalue weighted by molar-refractivity contribution is 6.30. The molecule has 0 radical (unpaired) electrons. The average Bonchev–Trinajstić information content (AvgIpc) is 2.49. The largest absolute Gasteiger partial charge is 0.492 e. The van der Waals surface area contributed by atoms with Gasteiger partial charge in [-0.15, -0.1) is 0 Å². The maximum atomic E-state index is 5.95. The van der Waals surface area contributed by atoms with Crippen molar-refractivity contribution < 1.29 is 4.74 Å². The highest BCUT2D eigenvalue weighted by Crippen LogP contribution is 2.22. The van der Waals surface area contributed by atoms with E-state index in [9.17, 15) is 0 Å². The van der Waals surface area contributed by atoms with Crippen LogP contribution >= 0.6 is 11.6 Å². The molecule has 2 aromatic carbocycles. The van der Waals surface area contributed by atoms with Gasteiger partial charge in [0.05, 0.1) is 0 Å². The Hall–Kier alpha value is -1.55. The lowest BCUT2D eigenvalue weighted by atomic mass is 10.2. The number of hydrogen-bond donors (Lipinski definition) is 1. The number of likely N-dealkylation sites (N-methyl/N-ethyl adjacent to an activating group) is 1. The van der Waals surface area contributed by atoms with E-state index in [0.717, 1.165) is 24.4 Å². The van der Waals surface area contributed by atoms with E-state index in [1.54, 1.807) is 0 Å². The maximum Gasteiger partial charge on any atom is 0.123 e. The SMILES string of the molecule is CN(CCOc1ccc(Cl)cc1CN)Cc1ccccc1. The van der Waals surface area contributed by atoms with Crippen LogP contribution in [0.5, 0.6) is 5.75 Å². The van der Waals surface area contributed by atoms with Crippen LogP contribution in [0.1, 0.15) is 11.1 Å². The van der Waals surface area contributed by atoms with Crippen LogP contribution in [0.3, 0.4) is 0 Å². The highest BCUT2D eigenvalue weighted by Gasteiger charge is 2.05. The van der Waals surface area contributed by atoms with Crippen molar-refractivity contribution in [2.24, 2.45) is 5.73 Å². The molecule has 3 nitrogen and oxygen atoms in total. The minimum atomic E-state index is 0.426. The van der Waals surface area contributed by atoms with Crippen molar-refractivity contribution in [1.29, 1.82) is 0 Å². The van der Waals surface area contributed by atoms with Crippen molar-refractivity contribution in [1.82, 2.24) is 4.90 Å². The number of rotatable bonds is 7. The van der Waals surface area contributed by atoms with Gasteiger partial charge in [-0.3, -0.25) is 4.90 Å². The molecule has 0 unspecified atom stereocenters. The van der Waals surface area contributed by atoms with Crippen LogP contribution in [0.15, 0.2) is 48.5 Å². The third-order valence-electron chi connectivity index (χ3n) is 3.27. The average molecular weight is 305 g/mol. The van der Waals surface area contributed by atoms with Gasteiger partial charge in [-0.2, -0.15) is 0 Å². The minimum Gasteiger partial charge on any atom is -0.492 e. The van der Waals surface area contributed by atoms with Crippen LogP contribution < -0.4 is 10.5 Å². The number of nitrogens with zero attached hydrogens (tertiary/aromatic N) is 1. The van der Waals surface area contributed by atoms with Crippen LogP contribution in [-0.2, 0) is 13.1 Å². The molecular weight excluding hydrogens is 284 g/mol. The topological polar surface area (TPSA) is 38.5 Å². The summed E-state index contributed by atoms with van der Waals surface area (Å²) in [4.78, 5) is 2.23. The van der Waals surface area contributed by atoms with Gasteiger partial charge in [-0.25, -0.2) is 0 Å². The zero-order chi connectivity index (χ0) is 15.1. The Morgan fingerprint density at radius 2 is 1.90 bits per heavy atom. The molecule has 0 saturated heterocycles. The standard InChI is InChI=1S/C17H21ClN2O/c1-20(13-14-5-3-2-4-6-14)9-10-21-17-8-7-16(18)11-15(17)12-19/h2-8,11H,9-10,12-13,19H2,1H3. The van der Waals surface area contributed by atoms with Gasteiger partial charge < -0.3 is 10.5 Å². The summed E-state index contributed by atoms with van der Waals surface area (Å²) in [5.74, 6) is 0.815. The second kappa shape index (κ2) is 8.03. The molecule has 112 valence electrons. The molecule has 0 bridgehead atoms. The molecule has 0 atom stereocenters. The Morgan fingerprint density at radius 1 is 1.14 bits per heavy atom. The van der Waals surface area contributed by atoms with E-state index in [1.807, 2.05) is 24.3 Å². The fourth-order valence-corrected chi connectivity index (χ4v) is 2.33. The monoisotopic (exact) mass is 304 g/mol. The van der Waals surface area contributed by atoms with E-state index >= 15 is 0 Å². The quantitative estimate of drug-likeness (QED) is 0.853. The lowest BCUT2D eigenvalue weighted by Gasteiger charge is -2.18. The number of halogens is 1. The molecule has 0 fully saturated rings. The van der Waals surface area contributed by atoms with Gasteiger partial charge in [0.2, 0.25) is 0 Å². The van der Waals surface area contributed by atoms with Crippen molar-refractivity contribution in [3.8, 4) is 5.75 Å². The Bertz CT molecular complexity index is 560. The van der Waals surface area contributed by atoms with Crippen molar-refractivity contribution in [2.45, 2.75) is 13.1 Å². The van der Waals surface area contributed by atoms with E-state index in [4.69, 9.17) is 22.1 Å². The van der Waals surface area contributed by atoms with Crippen molar-refractivity contribution >= 4 is 11.6 Å². The Labute approximate surface area is 131 Å². The second-order valence-corrected chi connectivity index (χ2v) is 5.46. The minimum absolute atomic E-state index is 0.426. The molecule has 0 aliphatic rings. The number of benzene rings is 2. The van der Waals surface area contributed by atoms with Gasteiger partial charge in [0, 0.05) is 30.2 Å². The molecule has 21 heavy (non-hydrogen) atoms. The Balaban J connectivity index is 1.81. The molecule has 0 aliphatic carbocycles. The zero-order valence-electron chi connectivity index (χ0n) is 12.3. The number of hydrogen-bond acceptors (Lipinski definition) is 3. The summed E-state index contributed by atoms with van der Waals surface area (Å²) in [5, 5.41) is 0.684. The van der Waals surface area contributed by atoms with Crippen molar-refractivity contribution in [3.63, 3.8) is 0 Å². The third-order valence-corrected chi connectivity index (χ3v) is 3.50. The number of nitrogens with two attached hydrogens (primary N) is 1. The molecule has 4 heteroatoms. The van der Waals surface area contributed by atoms with Gasteiger partial charge in [-0.05, 0) is 30.8 Å². The lowest BCUT2D eigenvalue weighted by Crippen LogP contribution is -2.24. The molecule has 0 aromatic heterocycles. The molecule has 0 spiro atoms. The predicted molar refractivity (Wildman–Crippen MR) is 87.6 cm³/mol. The van der Waals surface area contributed by atoms with E-state index in [1.165, 1.54) is 5.56 Å². The van der Waals surface area contributed by atoms with Gasteiger partial charge in [0.25, 0.3) is 0 Å². The summed E-state index contributed by atoms with van der Waals surface area (Å²) in [5.41, 5.74) is 7.94. The summed E-state index contributed by atoms with van der Waals surface area (Å²) in [6, 6.07) is 15.9. The van der Waals surface area contributed by atoms with E-state index in [2.05, 4.69) is 36.2 Å².